The molecule has 1 rings (SSSR count). The molecule has 1 N–H and O–H groups in total. The summed E-state index contributed by atoms with van der Waals surface area (Å²) >= 11 is 9.32. The van der Waals surface area contributed by atoms with Gasteiger partial charge in [0, 0.05) is 15.7 Å². The molecule has 5 heteroatoms. The first-order chi connectivity index (χ1) is 7.60. The largest absolute Gasteiger partial charge is 0.359 e. The van der Waals surface area contributed by atoms with Crippen LogP contribution in [0.25, 0.3) is 0 Å². The first kappa shape index (κ1) is 12.6. The molecule has 0 bridgehead atoms. The minimum atomic E-state index is 0.00581. The standard InChI is InChI=1S/C11H7BrClN3/c1-7-10(13)3-2-9(12)11(7)16-6-8(4-14)5-15/h2-3,6,16H,1H3. The van der Waals surface area contributed by atoms with Gasteiger partial charge < -0.3 is 5.32 Å². The van der Waals surface area contributed by atoms with E-state index in [1.165, 1.54) is 6.20 Å². The number of hydrogen-bond acceptors (Lipinski definition) is 3. The minimum Gasteiger partial charge on any atom is -0.359 e. The predicted molar refractivity (Wildman–Crippen MR) is 66.8 cm³/mol. The molecular formula is C11H7BrClN3. The maximum atomic E-state index is 8.58. The number of benzene rings is 1. The van der Waals surface area contributed by atoms with Gasteiger partial charge in [0.25, 0.3) is 0 Å². The van der Waals surface area contributed by atoms with Crippen molar-refractivity contribution in [2.24, 2.45) is 0 Å². The Labute approximate surface area is 107 Å². The highest BCUT2D eigenvalue weighted by molar-refractivity contribution is 9.10. The second-order valence-corrected chi connectivity index (χ2v) is 4.22. The van der Waals surface area contributed by atoms with Gasteiger partial charge >= 0.3 is 0 Å². The van der Waals surface area contributed by atoms with E-state index in [2.05, 4.69) is 21.2 Å². The molecule has 1 aromatic rings. The lowest BCUT2D eigenvalue weighted by atomic mass is 10.2. The second-order valence-electron chi connectivity index (χ2n) is 2.96. The van der Waals surface area contributed by atoms with Gasteiger partial charge in [0.05, 0.1) is 5.69 Å². The summed E-state index contributed by atoms with van der Waals surface area (Å²) in [5.41, 5.74) is 1.60. The van der Waals surface area contributed by atoms with Crippen LogP contribution in [0.4, 0.5) is 5.69 Å². The minimum absolute atomic E-state index is 0.00581. The third-order valence-corrected chi connectivity index (χ3v) is 3.02. The molecule has 3 nitrogen and oxygen atoms in total. The van der Waals surface area contributed by atoms with Gasteiger partial charge in [0.15, 0.2) is 0 Å². The molecule has 0 fully saturated rings. The molecule has 80 valence electrons. The van der Waals surface area contributed by atoms with Gasteiger partial charge in [0.1, 0.15) is 17.7 Å². The smallest absolute Gasteiger partial charge is 0.145 e. The highest BCUT2D eigenvalue weighted by atomic mass is 79.9. The molecule has 0 unspecified atom stereocenters. The zero-order valence-electron chi connectivity index (χ0n) is 8.38. The number of nitrogens with zero attached hydrogens (tertiary/aromatic N) is 2. The maximum Gasteiger partial charge on any atom is 0.145 e. The van der Waals surface area contributed by atoms with Gasteiger partial charge in [-0.05, 0) is 40.5 Å². The Morgan fingerprint density at radius 2 is 2.06 bits per heavy atom. The number of rotatable bonds is 2. The third-order valence-electron chi connectivity index (χ3n) is 1.95. The van der Waals surface area contributed by atoms with E-state index in [0.29, 0.717) is 5.02 Å². The fourth-order valence-corrected chi connectivity index (χ4v) is 1.77. The molecule has 0 aliphatic rings. The SMILES string of the molecule is Cc1c(Cl)ccc(Br)c1NC=C(C#N)C#N. The normalized spacial score (nSPS) is 8.81. The van der Waals surface area contributed by atoms with Crippen LogP contribution in [0.1, 0.15) is 5.56 Å². The molecule has 0 saturated heterocycles. The summed E-state index contributed by atoms with van der Waals surface area (Å²) in [6.45, 7) is 1.85. The average Bonchev–Trinajstić information content (AvgIpc) is 2.29. The van der Waals surface area contributed by atoms with Crippen molar-refractivity contribution in [1.82, 2.24) is 0 Å². The van der Waals surface area contributed by atoms with Gasteiger partial charge in [-0.25, -0.2) is 0 Å². The number of allylic oxidation sites excluding steroid dienone is 1. The zero-order chi connectivity index (χ0) is 12.1. The van der Waals surface area contributed by atoms with Crippen molar-refractivity contribution >= 4 is 33.2 Å². The Morgan fingerprint density at radius 1 is 1.44 bits per heavy atom. The topological polar surface area (TPSA) is 59.6 Å². The van der Waals surface area contributed by atoms with E-state index in [-0.39, 0.29) is 5.57 Å². The van der Waals surface area contributed by atoms with Crippen LogP contribution in [0.3, 0.4) is 0 Å². The molecule has 0 aromatic heterocycles. The van der Waals surface area contributed by atoms with E-state index in [9.17, 15) is 0 Å². The highest BCUT2D eigenvalue weighted by Gasteiger charge is 2.06. The summed E-state index contributed by atoms with van der Waals surface area (Å²) < 4.78 is 0.820. The number of nitrogens with one attached hydrogen (secondary N) is 1. The number of nitriles is 2. The molecule has 0 amide bonds. The lowest BCUT2D eigenvalue weighted by Gasteiger charge is -2.09. The monoisotopic (exact) mass is 295 g/mol. The van der Waals surface area contributed by atoms with Crippen LogP contribution in [-0.2, 0) is 0 Å². The third kappa shape index (κ3) is 2.76. The molecule has 0 heterocycles. The van der Waals surface area contributed by atoms with Crippen LogP contribution in [0.2, 0.25) is 5.02 Å². The fourth-order valence-electron chi connectivity index (χ4n) is 1.06. The first-order valence-corrected chi connectivity index (χ1v) is 5.48. The van der Waals surface area contributed by atoms with Crippen molar-refractivity contribution in [2.45, 2.75) is 6.92 Å². The first-order valence-electron chi connectivity index (χ1n) is 4.31. The molecule has 16 heavy (non-hydrogen) atoms. The van der Waals surface area contributed by atoms with Crippen LogP contribution in [0.5, 0.6) is 0 Å². The average molecular weight is 297 g/mol. The predicted octanol–water partition coefficient (Wildman–Crippen LogP) is 3.75. The van der Waals surface area contributed by atoms with E-state index < -0.39 is 0 Å². The number of anilines is 1. The Hall–Kier alpha value is -1.49. The summed E-state index contributed by atoms with van der Waals surface area (Å²) in [7, 11) is 0. The summed E-state index contributed by atoms with van der Waals surface area (Å²) in [4.78, 5) is 0. The molecule has 0 aliphatic carbocycles. The fraction of sp³-hybridized carbons (Fsp3) is 0.0909. The van der Waals surface area contributed by atoms with Gasteiger partial charge in [-0.3, -0.25) is 0 Å². The van der Waals surface area contributed by atoms with E-state index in [1.54, 1.807) is 24.3 Å². The Kier molecular flexibility index (Phi) is 4.37. The van der Waals surface area contributed by atoms with Crippen molar-refractivity contribution in [3.05, 3.63) is 39.0 Å². The lowest BCUT2D eigenvalue weighted by Crippen LogP contribution is -1.94. The van der Waals surface area contributed by atoms with Crippen LogP contribution >= 0.6 is 27.5 Å². The van der Waals surface area contributed by atoms with Crippen molar-refractivity contribution in [1.29, 1.82) is 10.5 Å². The van der Waals surface area contributed by atoms with Crippen LogP contribution in [0.15, 0.2) is 28.4 Å². The van der Waals surface area contributed by atoms with E-state index >= 15 is 0 Å². The summed E-state index contributed by atoms with van der Waals surface area (Å²) in [6, 6.07) is 7.09. The van der Waals surface area contributed by atoms with Gasteiger partial charge in [-0.15, -0.1) is 0 Å². The van der Waals surface area contributed by atoms with E-state index in [0.717, 1.165) is 15.7 Å². The Morgan fingerprint density at radius 3 is 2.62 bits per heavy atom. The van der Waals surface area contributed by atoms with Gasteiger partial charge in [-0.1, -0.05) is 11.6 Å². The van der Waals surface area contributed by atoms with Gasteiger partial charge in [0.2, 0.25) is 0 Å². The number of halogens is 2. The summed E-state index contributed by atoms with van der Waals surface area (Å²) in [6.07, 6.45) is 1.35. The second kappa shape index (κ2) is 5.55. The van der Waals surface area contributed by atoms with Crippen molar-refractivity contribution in [2.75, 3.05) is 5.32 Å². The molecule has 0 radical (unpaired) electrons. The molecule has 0 atom stereocenters. The molecule has 1 aromatic carbocycles. The van der Waals surface area contributed by atoms with Crippen molar-refractivity contribution < 1.29 is 0 Å². The highest BCUT2D eigenvalue weighted by Crippen LogP contribution is 2.31. The van der Waals surface area contributed by atoms with Crippen molar-refractivity contribution in [3.8, 4) is 12.1 Å². The van der Waals surface area contributed by atoms with Crippen molar-refractivity contribution in [3.63, 3.8) is 0 Å². The Balaban J connectivity index is 3.09. The quantitative estimate of drug-likeness (QED) is 0.845. The van der Waals surface area contributed by atoms with E-state index in [4.69, 9.17) is 22.1 Å². The summed E-state index contributed by atoms with van der Waals surface area (Å²) in [5.74, 6) is 0. The molecule has 0 spiro atoms. The van der Waals surface area contributed by atoms with Crippen LogP contribution < -0.4 is 5.32 Å². The molecule has 0 saturated carbocycles. The molecule has 0 aliphatic heterocycles. The van der Waals surface area contributed by atoms with Gasteiger partial charge in [-0.2, -0.15) is 10.5 Å². The summed E-state index contributed by atoms with van der Waals surface area (Å²) in [5, 5.41) is 20.7. The number of hydrogen-bond donors (Lipinski definition) is 1. The molecular weight excluding hydrogens is 289 g/mol. The van der Waals surface area contributed by atoms with Crippen LogP contribution in [0, 0.1) is 29.6 Å². The maximum absolute atomic E-state index is 8.58. The van der Waals surface area contributed by atoms with E-state index in [1.807, 2.05) is 6.92 Å². The zero-order valence-corrected chi connectivity index (χ0v) is 10.7. The lowest BCUT2D eigenvalue weighted by molar-refractivity contribution is 1.40. The Bertz CT molecular complexity index is 507. The van der Waals surface area contributed by atoms with Crippen LogP contribution in [-0.4, -0.2) is 0 Å².